The van der Waals surface area contributed by atoms with Crippen LogP contribution < -0.4 is 0 Å². The molecule has 1 fully saturated rings. The van der Waals surface area contributed by atoms with Gasteiger partial charge >= 0.3 is 12.1 Å². The van der Waals surface area contributed by atoms with Crippen LogP contribution in [0.5, 0.6) is 0 Å². The number of carbonyl (C=O) groups excluding carboxylic acids is 1. The van der Waals surface area contributed by atoms with Gasteiger partial charge in [0.15, 0.2) is 0 Å². The quantitative estimate of drug-likeness (QED) is 0.498. The van der Waals surface area contributed by atoms with Crippen LogP contribution in [0.1, 0.15) is 32.3 Å². The summed E-state index contributed by atoms with van der Waals surface area (Å²) in [5.41, 5.74) is -1.02. The van der Waals surface area contributed by atoms with Crippen LogP contribution in [0.2, 0.25) is 0 Å². The average Bonchev–Trinajstić information content (AvgIpc) is 2.64. The number of ether oxygens (including phenoxy) is 2. The highest BCUT2D eigenvalue weighted by molar-refractivity contribution is 7.89. The second kappa shape index (κ2) is 9.23. The molecule has 1 aliphatic rings. The predicted octanol–water partition coefficient (Wildman–Crippen LogP) is 3.07. The van der Waals surface area contributed by atoms with Gasteiger partial charge < -0.3 is 9.47 Å². The second-order valence-corrected chi connectivity index (χ2v) is 8.73. The van der Waals surface area contributed by atoms with Gasteiger partial charge in [-0.15, -0.1) is 0 Å². The summed E-state index contributed by atoms with van der Waals surface area (Å²) in [6, 6.07) is 3.66. The van der Waals surface area contributed by atoms with Crippen molar-refractivity contribution in [1.29, 1.82) is 0 Å². The van der Waals surface area contributed by atoms with Gasteiger partial charge in [0.25, 0.3) is 0 Å². The van der Waals surface area contributed by atoms with Crippen LogP contribution in [-0.2, 0) is 30.5 Å². The van der Waals surface area contributed by atoms with Gasteiger partial charge in [-0.05, 0) is 44.9 Å². The highest BCUT2D eigenvalue weighted by Crippen LogP contribution is 2.32. The summed E-state index contributed by atoms with van der Waals surface area (Å²) in [6.07, 6.45) is -4.09. The van der Waals surface area contributed by atoms with Crippen molar-refractivity contribution in [3.63, 3.8) is 0 Å². The van der Waals surface area contributed by atoms with E-state index in [0.29, 0.717) is 6.07 Å². The third-order valence-electron chi connectivity index (χ3n) is 4.37. The van der Waals surface area contributed by atoms with E-state index in [1.165, 1.54) is 0 Å². The number of halogens is 3. The first kappa shape index (κ1) is 22.6. The number of rotatable bonds is 7. The van der Waals surface area contributed by atoms with E-state index in [0.717, 1.165) is 22.5 Å². The zero-order chi connectivity index (χ0) is 20.9. The number of benzene rings is 1. The molecule has 1 aliphatic heterocycles. The maximum absolute atomic E-state index is 12.8. The predicted molar refractivity (Wildman–Crippen MR) is 95.0 cm³/mol. The number of esters is 1. The molecule has 0 N–H and O–H groups in total. The first-order chi connectivity index (χ1) is 13.0. The molecule has 1 aromatic carbocycles. The first-order valence-electron chi connectivity index (χ1n) is 8.97. The smallest absolute Gasteiger partial charge is 0.416 e. The van der Waals surface area contributed by atoms with Crippen molar-refractivity contribution in [2.75, 3.05) is 26.3 Å². The molecule has 0 spiro atoms. The molecule has 158 valence electrons. The Bertz CT molecular complexity index is 772. The van der Waals surface area contributed by atoms with Crippen molar-refractivity contribution in [3.8, 4) is 0 Å². The third-order valence-corrected chi connectivity index (χ3v) is 6.26. The molecule has 6 nitrogen and oxygen atoms in total. The van der Waals surface area contributed by atoms with E-state index in [1.807, 2.05) is 13.8 Å². The van der Waals surface area contributed by atoms with Crippen molar-refractivity contribution in [2.24, 2.45) is 5.92 Å². The molecule has 10 heteroatoms. The molecule has 0 aromatic heterocycles. The summed E-state index contributed by atoms with van der Waals surface area (Å²) in [4.78, 5) is 11.6. The van der Waals surface area contributed by atoms with E-state index in [1.54, 1.807) is 0 Å². The molecule has 0 aliphatic carbocycles. The van der Waals surface area contributed by atoms with Crippen LogP contribution in [0, 0.1) is 5.92 Å². The number of nitrogens with zero attached hydrogens (tertiary/aromatic N) is 1. The van der Waals surface area contributed by atoms with Gasteiger partial charge in [-0.25, -0.2) is 8.42 Å². The molecule has 0 amide bonds. The van der Waals surface area contributed by atoms with Crippen LogP contribution in [0.3, 0.4) is 0 Å². The summed E-state index contributed by atoms with van der Waals surface area (Å²) in [7, 11) is -4.06. The minimum absolute atomic E-state index is 0.0306. The summed E-state index contributed by atoms with van der Waals surface area (Å²) >= 11 is 0. The number of sulfonamides is 1. The lowest BCUT2D eigenvalue weighted by molar-refractivity contribution is -0.151. The summed E-state index contributed by atoms with van der Waals surface area (Å²) < 4.78 is 75.3. The zero-order valence-electron chi connectivity index (χ0n) is 15.7. The first-order valence-corrected chi connectivity index (χ1v) is 10.4. The maximum Gasteiger partial charge on any atom is 0.416 e. The van der Waals surface area contributed by atoms with Crippen molar-refractivity contribution in [1.82, 2.24) is 4.31 Å². The number of hydrogen-bond acceptors (Lipinski definition) is 5. The topological polar surface area (TPSA) is 72.9 Å². The van der Waals surface area contributed by atoms with Crippen LogP contribution in [0.4, 0.5) is 13.2 Å². The van der Waals surface area contributed by atoms with E-state index < -0.39 is 38.5 Å². The summed E-state index contributed by atoms with van der Waals surface area (Å²) in [5, 5.41) is 0. The van der Waals surface area contributed by atoms with Crippen LogP contribution >= 0.6 is 0 Å². The molecule has 1 aromatic rings. The van der Waals surface area contributed by atoms with Gasteiger partial charge in [0.2, 0.25) is 10.0 Å². The van der Waals surface area contributed by atoms with Gasteiger partial charge in [-0.1, -0.05) is 6.07 Å². The molecule has 0 atom stereocenters. The fraction of sp³-hybridized carbons (Fsp3) is 0.611. The number of alkyl halides is 3. The van der Waals surface area contributed by atoms with Gasteiger partial charge in [-0.3, -0.25) is 4.79 Å². The standard InChI is InChI=1S/C18H24F3NO5S/c1-13(2)26-10-11-27-17(23)14-6-8-22(9-7-14)28(24,25)16-5-3-4-15(12-16)18(19,20)21/h3-5,12-14H,6-11H2,1-2H3. The highest BCUT2D eigenvalue weighted by atomic mass is 32.2. The minimum atomic E-state index is -4.62. The van der Waals surface area contributed by atoms with Crippen molar-refractivity contribution >= 4 is 16.0 Å². The summed E-state index contributed by atoms with van der Waals surface area (Å²) in [6.45, 7) is 4.22. The number of piperidine rings is 1. The molecule has 0 unspecified atom stereocenters. The Morgan fingerprint density at radius 2 is 1.86 bits per heavy atom. The van der Waals surface area contributed by atoms with Crippen LogP contribution in [0.15, 0.2) is 29.2 Å². The van der Waals surface area contributed by atoms with Gasteiger partial charge in [0, 0.05) is 13.1 Å². The molecular weight excluding hydrogens is 399 g/mol. The van der Waals surface area contributed by atoms with E-state index in [2.05, 4.69) is 0 Å². The second-order valence-electron chi connectivity index (χ2n) is 6.79. The lowest BCUT2D eigenvalue weighted by Crippen LogP contribution is -2.40. The van der Waals surface area contributed by atoms with E-state index in [9.17, 15) is 26.4 Å². The Labute approximate surface area is 162 Å². The van der Waals surface area contributed by atoms with E-state index in [4.69, 9.17) is 9.47 Å². The average molecular weight is 423 g/mol. The molecule has 1 saturated heterocycles. The van der Waals surface area contributed by atoms with Crippen molar-refractivity contribution < 1.29 is 35.9 Å². The SMILES string of the molecule is CC(C)OCCOC(=O)C1CCN(S(=O)(=O)c2cccc(C(F)(F)F)c2)CC1. The van der Waals surface area contributed by atoms with Crippen molar-refractivity contribution in [2.45, 2.75) is 43.9 Å². The molecular formula is C18H24F3NO5S. The zero-order valence-corrected chi connectivity index (χ0v) is 16.6. The molecule has 2 rings (SSSR count). The third kappa shape index (κ3) is 5.92. The van der Waals surface area contributed by atoms with Crippen LogP contribution in [-0.4, -0.2) is 51.1 Å². The molecule has 0 bridgehead atoms. The lowest BCUT2D eigenvalue weighted by Gasteiger charge is -2.30. The fourth-order valence-electron chi connectivity index (χ4n) is 2.86. The molecule has 0 radical (unpaired) electrons. The minimum Gasteiger partial charge on any atom is -0.463 e. The largest absolute Gasteiger partial charge is 0.463 e. The Morgan fingerprint density at radius 1 is 1.21 bits per heavy atom. The van der Waals surface area contributed by atoms with E-state index >= 15 is 0 Å². The number of hydrogen-bond donors (Lipinski definition) is 0. The highest BCUT2D eigenvalue weighted by Gasteiger charge is 2.35. The molecule has 1 heterocycles. The summed E-state index contributed by atoms with van der Waals surface area (Å²) in [5.74, 6) is -0.851. The normalized spacial score (nSPS) is 17.1. The Balaban J connectivity index is 1.94. The molecule has 0 saturated carbocycles. The van der Waals surface area contributed by atoms with E-state index in [-0.39, 0.29) is 45.2 Å². The van der Waals surface area contributed by atoms with Gasteiger partial charge in [0.1, 0.15) is 6.61 Å². The molecule has 28 heavy (non-hydrogen) atoms. The Hall–Kier alpha value is -1.65. The monoisotopic (exact) mass is 423 g/mol. The van der Waals surface area contributed by atoms with Crippen molar-refractivity contribution in [3.05, 3.63) is 29.8 Å². The van der Waals surface area contributed by atoms with Gasteiger partial charge in [0.05, 0.1) is 29.1 Å². The van der Waals surface area contributed by atoms with Crippen LogP contribution in [0.25, 0.3) is 0 Å². The Kier molecular flexibility index (Phi) is 7.46. The fourth-order valence-corrected chi connectivity index (χ4v) is 4.37. The van der Waals surface area contributed by atoms with Gasteiger partial charge in [-0.2, -0.15) is 17.5 Å². The lowest BCUT2D eigenvalue weighted by atomic mass is 9.98. The maximum atomic E-state index is 12.8. The number of carbonyl (C=O) groups is 1. The Morgan fingerprint density at radius 3 is 2.43 bits per heavy atom.